The van der Waals surface area contributed by atoms with Gasteiger partial charge in [0.25, 0.3) is 0 Å². The molecule has 110 valence electrons. The molecule has 2 N–H and O–H groups in total. The molecule has 0 saturated heterocycles. The predicted octanol–water partition coefficient (Wildman–Crippen LogP) is 3.91. The number of hydrogen-bond acceptors (Lipinski definition) is 2. The van der Waals surface area contributed by atoms with Gasteiger partial charge in [0, 0.05) is 17.8 Å². The molecule has 3 nitrogen and oxygen atoms in total. The third-order valence-electron chi connectivity index (χ3n) is 3.67. The maximum Gasteiger partial charge on any atom is 0.248 e. The first-order chi connectivity index (χ1) is 10.0. The van der Waals surface area contributed by atoms with Gasteiger partial charge < -0.3 is 10.3 Å². The molecule has 6 heteroatoms. The second kappa shape index (κ2) is 5.60. The first-order valence-corrected chi connectivity index (χ1v) is 7.47. The first kappa shape index (κ1) is 14.3. The van der Waals surface area contributed by atoms with Crippen molar-refractivity contribution in [2.24, 2.45) is 0 Å². The zero-order chi connectivity index (χ0) is 15.0. The number of aryl methyl sites for hydroxylation is 1. The fourth-order valence-electron chi connectivity index (χ4n) is 2.67. The lowest BCUT2D eigenvalue weighted by atomic mass is 9.91. The standard InChI is InChI=1S/C15H13BrF2N2O/c16-9-6-11(18)14(7-10(9)17)19-12-2-1-3-13-8(12)4-5-15(21)20-13/h4-7,12,19H,1-3H2,(H,20,21). The number of pyridine rings is 1. The maximum absolute atomic E-state index is 13.9. The summed E-state index contributed by atoms with van der Waals surface area (Å²) in [6, 6.07) is 5.31. The van der Waals surface area contributed by atoms with Gasteiger partial charge in [-0.25, -0.2) is 8.78 Å². The van der Waals surface area contributed by atoms with Crippen molar-refractivity contribution in [2.75, 3.05) is 5.32 Å². The van der Waals surface area contributed by atoms with E-state index in [9.17, 15) is 13.6 Å². The van der Waals surface area contributed by atoms with Crippen molar-refractivity contribution < 1.29 is 8.78 Å². The number of halogens is 3. The van der Waals surface area contributed by atoms with Crippen LogP contribution in [0.15, 0.2) is 33.5 Å². The van der Waals surface area contributed by atoms with E-state index in [1.165, 1.54) is 6.07 Å². The van der Waals surface area contributed by atoms with Crippen molar-refractivity contribution in [2.45, 2.75) is 25.3 Å². The summed E-state index contributed by atoms with van der Waals surface area (Å²) in [4.78, 5) is 14.2. The molecule has 0 saturated carbocycles. The Morgan fingerprint density at radius 1 is 1.24 bits per heavy atom. The van der Waals surface area contributed by atoms with E-state index >= 15 is 0 Å². The zero-order valence-corrected chi connectivity index (χ0v) is 12.6. The molecule has 1 unspecified atom stereocenters. The minimum absolute atomic E-state index is 0.0962. The molecule has 0 radical (unpaired) electrons. The van der Waals surface area contributed by atoms with Crippen molar-refractivity contribution in [1.29, 1.82) is 0 Å². The summed E-state index contributed by atoms with van der Waals surface area (Å²) in [5.41, 5.74) is 1.78. The van der Waals surface area contributed by atoms with Crippen LogP contribution >= 0.6 is 15.9 Å². The molecule has 0 fully saturated rings. The third kappa shape index (κ3) is 2.85. The molecular formula is C15H13BrF2N2O. The molecule has 1 atom stereocenters. The molecule has 0 amide bonds. The van der Waals surface area contributed by atoms with Gasteiger partial charge >= 0.3 is 0 Å². The first-order valence-electron chi connectivity index (χ1n) is 6.68. The molecule has 2 aromatic rings. The van der Waals surface area contributed by atoms with Gasteiger partial charge in [-0.2, -0.15) is 0 Å². The van der Waals surface area contributed by atoms with Crippen molar-refractivity contribution >= 4 is 21.6 Å². The minimum atomic E-state index is -0.517. The molecule has 1 aromatic carbocycles. The summed E-state index contributed by atoms with van der Waals surface area (Å²) in [6.45, 7) is 0. The zero-order valence-electron chi connectivity index (χ0n) is 11.1. The number of aromatic nitrogens is 1. The van der Waals surface area contributed by atoms with Crippen LogP contribution in [0.5, 0.6) is 0 Å². The van der Waals surface area contributed by atoms with Gasteiger partial charge in [-0.3, -0.25) is 4.79 Å². The van der Waals surface area contributed by atoms with Gasteiger partial charge in [0.1, 0.15) is 11.6 Å². The van der Waals surface area contributed by atoms with Crippen LogP contribution in [-0.2, 0) is 6.42 Å². The summed E-state index contributed by atoms with van der Waals surface area (Å²) in [5.74, 6) is -1.03. The number of anilines is 1. The number of hydrogen-bond donors (Lipinski definition) is 2. The predicted molar refractivity (Wildman–Crippen MR) is 80.4 cm³/mol. The van der Waals surface area contributed by atoms with Crippen molar-refractivity contribution in [3.8, 4) is 0 Å². The smallest absolute Gasteiger partial charge is 0.248 e. The normalized spacial score (nSPS) is 17.4. The Hall–Kier alpha value is -1.69. The maximum atomic E-state index is 13.9. The van der Waals surface area contributed by atoms with Crippen LogP contribution in [0.1, 0.15) is 30.1 Å². The highest BCUT2D eigenvalue weighted by molar-refractivity contribution is 9.10. The lowest BCUT2D eigenvalue weighted by Crippen LogP contribution is -2.22. The summed E-state index contributed by atoms with van der Waals surface area (Å²) in [6.07, 6.45) is 2.47. The van der Waals surface area contributed by atoms with Crippen LogP contribution in [0.4, 0.5) is 14.5 Å². The summed E-state index contributed by atoms with van der Waals surface area (Å²) in [7, 11) is 0. The topological polar surface area (TPSA) is 44.9 Å². The van der Waals surface area contributed by atoms with Crippen molar-refractivity contribution in [3.05, 3.63) is 62.0 Å². The number of nitrogens with one attached hydrogen (secondary N) is 2. The van der Waals surface area contributed by atoms with E-state index in [-0.39, 0.29) is 21.8 Å². The summed E-state index contributed by atoms with van der Waals surface area (Å²) in [5, 5.41) is 3.03. The Balaban J connectivity index is 1.94. The van der Waals surface area contributed by atoms with Gasteiger partial charge in [-0.05, 0) is 52.9 Å². The number of rotatable bonds is 2. The summed E-state index contributed by atoms with van der Waals surface area (Å²) >= 11 is 2.96. The SMILES string of the molecule is O=c1ccc2c([nH]1)CCCC2Nc1cc(F)c(Br)cc1F. The second-order valence-electron chi connectivity index (χ2n) is 5.09. The molecular weight excluding hydrogens is 342 g/mol. The van der Waals surface area contributed by atoms with E-state index in [4.69, 9.17) is 0 Å². The lowest BCUT2D eigenvalue weighted by molar-refractivity contribution is 0.569. The number of benzene rings is 1. The quantitative estimate of drug-likeness (QED) is 0.803. The van der Waals surface area contributed by atoms with Gasteiger partial charge in [-0.15, -0.1) is 0 Å². The highest BCUT2D eigenvalue weighted by Crippen LogP contribution is 2.32. The fraction of sp³-hybridized carbons (Fsp3) is 0.267. The van der Waals surface area contributed by atoms with Crippen molar-refractivity contribution in [3.63, 3.8) is 0 Å². The van der Waals surface area contributed by atoms with Crippen LogP contribution in [0.3, 0.4) is 0 Å². The van der Waals surface area contributed by atoms with Gasteiger partial charge in [0.2, 0.25) is 5.56 Å². The molecule has 21 heavy (non-hydrogen) atoms. The Labute approximate surface area is 128 Å². The van der Waals surface area contributed by atoms with E-state index < -0.39 is 11.6 Å². The highest BCUT2D eigenvalue weighted by Gasteiger charge is 2.22. The number of aromatic amines is 1. The molecule has 3 rings (SSSR count). The molecule has 0 spiro atoms. The molecule has 1 aromatic heterocycles. The monoisotopic (exact) mass is 354 g/mol. The van der Waals surface area contributed by atoms with Crippen LogP contribution in [0.2, 0.25) is 0 Å². The molecule has 1 aliphatic carbocycles. The van der Waals surface area contributed by atoms with E-state index in [2.05, 4.69) is 26.2 Å². The average Bonchev–Trinajstić information content (AvgIpc) is 2.44. The largest absolute Gasteiger partial charge is 0.376 e. The second-order valence-corrected chi connectivity index (χ2v) is 5.95. The van der Waals surface area contributed by atoms with Gasteiger partial charge in [0.05, 0.1) is 16.2 Å². The third-order valence-corrected chi connectivity index (χ3v) is 4.28. The summed E-state index contributed by atoms with van der Waals surface area (Å²) < 4.78 is 27.6. The molecule has 0 bridgehead atoms. The minimum Gasteiger partial charge on any atom is -0.376 e. The molecule has 0 aliphatic heterocycles. The number of fused-ring (bicyclic) bond motifs is 1. The van der Waals surface area contributed by atoms with Gasteiger partial charge in [-0.1, -0.05) is 0 Å². The van der Waals surface area contributed by atoms with Gasteiger partial charge in [0.15, 0.2) is 0 Å². The fourth-order valence-corrected chi connectivity index (χ4v) is 2.99. The Kier molecular flexibility index (Phi) is 3.80. The molecule has 1 aliphatic rings. The highest BCUT2D eigenvalue weighted by atomic mass is 79.9. The van der Waals surface area contributed by atoms with E-state index in [1.54, 1.807) is 6.07 Å². The average molecular weight is 355 g/mol. The number of H-pyrrole nitrogens is 1. The Morgan fingerprint density at radius 2 is 2.05 bits per heavy atom. The van der Waals surface area contributed by atoms with E-state index in [1.807, 2.05) is 0 Å². The van der Waals surface area contributed by atoms with E-state index in [0.29, 0.717) is 0 Å². The Bertz CT molecular complexity index is 745. The van der Waals surface area contributed by atoms with Crippen molar-refractivity contribution in [1.82, 2.24) is 4.98 Å². The van der Waals surface area contributed by atoms with Crippen LogP contribution in [0.25, 0.3) is 0 Å². The van der Waals surface area contributed by atoms with E-state index in [0.717, 1.165) is 42.7 Å². The van der Waals surface area contributed by atoms with Crippen LogP contribution < -0.4 is 10.9 Å². The molecule has 1 heterocycles. The lowest BCUT2D eigenvalue weighted by Gasteiger charge is -2.27. The Morgan fingerprint density at radius 3 is 2.86 bits per heavy atom. The van der Waals surface area contributed by atoms with Crippen LogP contribution in [0, 0.1) is 11.6 Å². The van der Waals surface area contributed by atoms with Crippen LogP contribution in [-0.4, -0.2) is 4.98 Å².